The quantitative estimate of drug-likeness (QED) is 0.356. The number of morpholine rings is 1. The van der Waals surface area contributed by atoms with Gasteiger partial charge in [0.25, 0.3) is 0 Å². The lowest BCUT2D eigenvalue weighted by Crippen LogP contribution is -2.45. The minimum atomic E-state index is 0. The van der Waals surface area contributed by atoms with Crippen LogP contribution >= 0.6 is 24.0 Å². The van der Waals surface area contributed by atoms with Crippen LogP contribution in [0.4, 0.5) is 0 Å². The van der Waals surface area contributed by atoms with Crippen LogP contribution in [-0.4, -0.2) is 62.5 Å². The Bertz CT molecular complexity index is 612. The van der Waals surface area contributed by atoms with E-state index in [1.54, 1.807) is 0 Å². The average molecular weight is 502 g/mol. The first-order valence-corrected chi connectivity index (χ1v) is 10.1. The van der Waals surface area contributed by atoms with Crippen LogP contribution in [0.25, 0.3) is 0 Å². The third kappa shape index (κ3) is 7.17. The van der Waals surface area contributed by atoms with Gasteiger partial charge in [-0.2, -0.15) is 0 Å². The molecule has 0 spiro atoms. The van der Waals surface area contributed by atoms with E-state index in [1.165, 1.54) is 11.1 Å². The number of halogens is 1. The molecule has 0 aliphatic carbocycles. The summed E-state index contributed by atoms with van der Waals surface area (Å²) in [5.74, 6) is 0.828. The van der Waals surface area contributed by atoms with Gasteiger partial charge in [0.1, 0.15) is 0 Å². The molecule has 7 heteroatoms. The van der Waals surface area contributed by atoms with Gasteiger partial charge in [-0.05, 0) is 37.8 Å². The van der Waals surface area contributed by atoms with Gasteiger partial charge < -0.3 is 20.1 Å². The summed E-state index contributed by atoms with van der Waals surface area (Å²) in [4.78, 5) is 6.83. The van der Waals surface area contributed by atoms with Crippen LogP contribution in [0.2, 0.25) is 0 Å². The predicted molar refractivity (Wildman–Crippen MR) is 124 cm³/mol. The summed E-state index contributed by atoms with van der Waals surface area (Å²) in [5, 5.41) is 6.83. The molecule has 2 heterocycles. The van der Waals surface area contributed by atoms with Crippen LogP contribution in [-0.2, 0) is 22.6 Å². The molecule has 0 aromatic heterocycles. The monoisotopic (exact) mass is 502 g/mol. The molecule has 1 aromatic rings. The van der Waals surface area contributed by atoms with Crippen LogP contribution in [0, 0.1) is 0 Å². The van der Waals surface area contributed by atoms with Gasteiger partial charge in [0, 0.05) is 46.4 Å². The van der Waals surface area contributed by atoms with Crippen molar-refractivity contribution in [3.05, 3.63) is 35.4 Å². The smallest absolute Gasteiger partial charge is 0.191 e. The van der Waals surface area contributed by atoms with E-state index in [9.17, 15) is 0 Å². The van der Waals surface area contributed by atoms with E-state index in [1.807, 2.05) is 7.05 Å². The number of rotatable bonds is 6. The first kappa shape index (κ1) is 23.4. The van der Waals surface area contributed by atoms with Crippen molar-refractivity contribution in [1.82, 2.24) is 15.5 Å². The topological polar surface area (TPSA) is 58.1 Å². The van der Waals surface area contributed by atoms with Gasteiger partial charge >= 0.3 is 0 Å². The van der Waals surface area contributed by atoms with Gasteiger partial charge in [0.15, 0.2) is 5.96 Å². The Balaban J connectivity index is 0.00000280. The maximum absolute atomic E-state index is 5.86. The molecule has 0 amide bonds. The van der Waals surface area contributed by atoms with Crippen LogP contribution in [0.5, 0.6) is 0 Å². The van der Waals surface area contributed by atoms with Crippen molar-refractivity contribution in [2.75, 3.05) is 33.3 Å². The Morgan fingerprint density at radius 1 is 1.14 bits per heavy atom. The molecule has 6 nitrogen and oxygen atoms in total. The maximum Gasteiger partial charge on any atom is 0.191 e. The summed E-state index contributed by atoms with van der Waals surface area (Å²) in [6.07, 6.45) is 3.18. The van der Waals surface area contributed by atoms with Crippen molar-refractivity contribution in [2.24, 2.45) is 4.99 Å². The fourth-order valence-corrected chi connectivity index (χ4v) is 3.95. The first-order valence-electron chi connectivity index (χ1n) is 10.1. The molecule has 3 unspecified atom stereocenters. The number of nitrogens with zero attached hydrogens (tertiary/aromatic N) is 2. The number of hydrogen-bond acceptors (Lipinski definition) is 4. The van der Waals surface area contributed by atoms with Gasteiger partial charge in [-0.25, -0.2) is 0 Å². The third-order valence-corrected chi connectivity index (χ3v) is 5.20. The number of guanidine groups is 1. The van der Waals surface area contributed by atoms with Gasteiger partial charge in [0.2, 0.25) is 0 Å². The second-order valence-corrected chi connectivity index (χ2v) is 7.66. The molecular weight excluding hydrogens is 467 g/mol. The molecule has 0 bridgehead atoms. The van der Waals surface area contributed by atoms with Crippen molar-refractivity contribution in [1.29, 1.82) is 0 Å². The molecule has 2 aliphatic rings. The Kier molecular flexibility index (Phi) is 9.98. The summed E-state index contributed by atoms with van der Waals surface area (Å²) in [7, 11) is 1.81. The largest absolute Gasteiger partial charge is 0.376 e. The summed E-state index contributed by atoms with van der Waals surface area (Å²) < 4.78 is 11.5. The lowest BCUT2D eigenvalue weighted by molar-refractivity contribution is -0.0705. The third-order valence-electron chi connectivity index (χ3n) is 5.20. The van der Waals surface area contributed by atoms with Crippen molar-refractivity contribution in [2.45, 2.75) is 58.1 Å². The average Bonchev–Trinajstić information content (AvgIpc) is 3.16. The summed E-state index contributed by atoms with van der Waals surface area (Å²) >= 11 is 0. The fourth-order valence-electron chi connectivity index (χ4n) is 3.95. The summed E-state index contributed by atoms with van der Waals surface area (Å²) in [6.45, 7) is 9.68. The van der Waals surface area contributed by atoms with Crippen LogP contribution in [0.3, 0.4) is 0 Å². The molecule has 2 aliphatic heterocycles. The molecular formula is C21H35IN4O2. The van der Waals surface area contributed by atoms with E-state index in [2.05, 4.69) is 58.6 Å². The minimum absolute atomic E-state index is 0. The number of aliphatic imine (C=N–C) groups is 1. The molecule has 0 saturated carbocycles. The van der Waals surface area contributed by atoms with E-state index < -0.39 is 0 Å². The van der Waals surface area contributed by atoms with Crippen molar-refractivity contribution >= 4 is 29.9 Å². The van der Waals surface area contributed by atoms with Gasteiger partial charge in [-0.15, -0.1) is 24.0 Å². The molecule has 2 saturated heterocycles. The van der Waals surface area contributed by atoms with Gasteiger partial charge in [-0.3, -0.25) is 9.89 Å². The van der Waals surface area contributed by atoms with E-state index in [-0.39, 0.29) is 24.0 Å². The van der Waals surface area contributed by atoms with Gasteiger partial charge in [0.05, 0.1) is 18.3 Å². The van der Waals surface area contributed by atoms with Crippen molar-refractivity contribution in [3.8, 4) is 0 Å². The molecule has 3 rings (SSSR count). The minimum Gasteiger partial charge on any atom is -0.376 e. The number of nitrogens with one attached hydrogen (secondary N) is 2. The second kappa shape index (κ2) is 11.9. The zero-order chi connectivity index (χ0) is 19.1. The Morgan fingerprint density at radius 3 is 2.50 bits per heavy atom. The number of hydrogen-bond donors (Lipinski definition) is 2. The molecule has 0 radical (unpaired) electrons. The lowest BCUT2D eigenvalue weighted by Gasteiger charge is -2.35. The van der Waals surface area contributed by atoms with E-state index in [4.69, 9.17) is 9.47 Å². The summed E-state index contributed by atoms with van der Waals surface area (Å²) in [6, 6.07) is 8.65. The van der Waals surface area contributed by atoms with E-state index in [0.29, 0.717) is 18.3 Å². The highest BCUT2D eigenvalue weighted by atomic mass is 127. The van der Waals surface area contributed by atoms with Crippen LogP contribution in [0.15, 0.2) is 29.3 Å². The Morgan fingerprint density at radius 2 is 1.86 bits per heavy atom. The fraction of sp³-hybridized carbons (Fsp3) is 0.667. The summed E-state index contributed by atoms with van der Waals surface area (Å²) in [5.41, 5.74) is 2.67. The molecule has 158 valence electrons. The Hall–Kier alpha value is -0.900. The molecule has 28 heavy (non-hydrogen) atoms. The van der Waals surface area contributed by atoms with E-state index in [0.717, 1.165) is 58.1 Å². The Labute approximate surface area is 186 Å². The highest BCUT2D eigenvalue weighted by molar-refractivity contribution is 14.0. The maximum atomic E-state index is 5.86. The molecule has 3 atom stereocenters. The number of benzene rings is 1. The molecule has 2 fully saturated rings. The lowest BCUT2D eigenvalue weighted by atomic mass is 10.1. The normalized spacial score (nSPS) is 26.0. The molecule has 2 N–H and O–H groups in total. The van der Waals surface area contributed by atoms with Crippen LogP contribution in [0.1, 0.15) is 37.8 Å². The van der Waals surface area contributed by atoms with Gasteiger partial charge in [-0.1, -0.05) is 24.3 Å². The standard InChI is InChI=1S/C21H34N4O2.HI/c1-16-13-25(14-17(2)27-16)15-19-8-5-4-7-18(19)11-23-21(22-3)24-12-20-9-6-10-26-20;/h4-5,7-8,16-17,20H,6,9-15H2,1-3H3,(H2,22,23,24);1H. The van der Waals surface area contributed by atoms with Crippen molar-refractivity contribution < 1.29 is 9.47 Å². The zero-order valence-electron chi connectivity index (χ0n) is 17.3. The molecule has 1 aromatic carbocycles. The van der Waals surface area contributed by atoms with E-state index >= 15 is 0 Å². The highest BCUT2D eigenvalue weighted by Gasteiger charge is 2.22. The number of ether oxygens (including phenoxy) is 2. The second-order valence-electron chi connectivity index (χ2n) is 7.66. The first-order chi connectivity index (χ1) is 13.1. The highest BCUT2D eigenvalue weighted by Crippen LogP contribution is 2.17. The zero-order valence-corrected chi connectivity index (χ0v) is 19.6. The van der Waals surface area contributed by atoms with Crippen LogP contribution < -0.4 is 10.6 Å². The predicted octanol–water partition coefficient (Wildman–Crippen LogP) is 2.76. The van der Waals surface area contributed by atoms with Crippen molar-refractivity contribution in [3.63, 3.8) is 0 Å². The SMILES string of the molecule is CN=C(NCc1ccccc1CN1CC(C)OC(C)C1)NCC1CCCO1.I.